The number of anilines is 1. The van der Waals surface area contributed by atoms with Crippen LogP contribution in [0.15, 0.2) is 18.2 Å². The Kier molecular flexibility index (Phi) is 3.66. The summed E-state index contributed by atoms with van der Waals surface area (Å²) in [5.41, 5.74) is 6.32. The van der Waals surface area contributed by atoms with E-state index in [9.17, 15) is 9.59 Å². The Morgan fingerprint density at radius 2 is 2.16 bits per heavy atom. The molecule has 1 aliphatic rings. The number of hydrogen-bond acceptors (Lipinski definition) is 3. The van der Waals surface area contributed by atoms with Crippen molar-refractivity contribution in [3.8, 4) is 0 Å². The summed E-state index contributed by atoms with van der Waals surface area (Å²) in [6.07, 6.45) is 0.543. The van der Waals surface area contributed by atoms with Gasteiger partial charge in [0.1, 0.15) is 0 Å². The number of carbonyl (C=O) groups excluding carboxylic acids is 1. The Bertz CT molecular complexity index is 533. The molecule has 0 saturated carbocycles. The van der Waals surface area contributed by atoms with E-state index in [-0.39, 0.29) is 6.04 Å². The van der Waals surface area contributed by atoms with Gasteiger partial charge in [-0.3, -0.25) is 9.59 Å². The lowest BCUT2D eigenvalue weighted by Crippen LogP contribution is -2.34. The van der Waals surface area contributed by atoms with Gasteiger partial charge in [0.05, 0.1) is 17.2 Å². The summed E-state index contributed by atoms with van der Waals surface area (Å²) in [5, 5.41) is 9.63. The number of benzene rings is 1. The van der Waals surface area contributed by atoms with E-state index >= 15 is 0 Å². The highest BCUT2D eigenvalue weighted by molar-refractivity contribution is 6.31. The van der Waals surface area contributed by atoms with Gasteiger partial charge in [0, 0.05) is 17.6 Å². The Morgan fingerprint density at radius 1 is 1.47 bits per heavy atom. The number of carboxylic acid groups (broad SMARTS) is 1. The van der Waals surface area contributed by atoms with Crippen molar-refractivity contribution < 1.29 is 14.7 Å². The molecule has 2 atom stereocenters. The van der Waals surface area contributed by atoms with E-state index in [1.807, 2.05) is 11.8 Å². The molecule has 0 bridgehead atoms. The van der Waals surface area contributed by atoms with E-state index < -0.39 is 17.8 Å². The monoisotopic (exact) mass is 282 g/mol. The molecule has 0 radical (unpaired) electrons. The maximum atomic E-state index is 11.4. The fourth-order valence-corrected chi connectivity index (χ4v) is 2.73. The van der Waals surface area contributed by atoms with Gasteiger partial charge in [0.25, 0.3) is 5.91 Å². The van der Waals surface area contributed by atoms with Crippen LogP contribution in [0.4, 0.5) is 5.69 Å². The number of amides is 1. The zero-order valence-electron chi connectivity index (χ0n) is 10.5. The van der Waals surface area contributed by atoms with Gasteiger partial charge >= 0.3 is 5.97 Å². The number of nitrogens with two attached hydrogens (primary N) is 1. The molecule has 2 rings (SSSR count). The summed E-state index contributed by atoms with van der Waals surface area (Å²) < 4.78 is 0. The fourth-order valence-electron chi connectivity index (χ4n) is 2.56. The first kappa shape index (κ1) is 13.7. The molecule has 1 aliphatic heterocycles. The third-order valence-corrected chi connectivity index (χ3v) is 3.84. The van der Waals surface area contributed by atoms with Gasteiger partial charge in [0.15, 0.2) is 0 Å². The van der Waals surface area contributed by atoms with Crippen LogP contribution in [0.5, 0.6) is 0 Å². The Hall–Kier alpha value is -1.75. The molecule has 0 spiro atoms. The molecular formula is C13H15ClN2O3. The first-order valence-corrected chi connectivity index (χ1v) is 6.38. The average Bonchev–Trinajstić information content (AvgIpc) is 2.70. The second-order valence-corrected chi connectivity index (χ2v) is 5.13. The molecule has 1 fully saturated rings. The zero-order chi connectivity index (χ0) is 14.2. The molecule has 0 aliphatic carbocycles. The smallest absolute Gasteiger partial charge is 0.308 e. The summed E-state index contributed by atoms with van der Waals surface area (Å²) in [4.78, 5) is 24.5. The van der Waals surface area contributed by atoms with E-state index in [0.29, 0.717) is 29.2 Å². The lowest BCUT2D eigenvalue weighted by atomic mass is 10.0. The van der Waals surface area contributed by atoms with Gasteiger partial charge in [-0.1, -0.05) is 11.6 Å². The van der Waals surface area contributed by atoms with Gasteiger partial charge in [-0.2, -0.15) is 0 Å². The maximum absolute atomic E-state index is 11.4. The number of aliphatic carboxylic acids is 1. The number of nitrogens with zero attached hydrogens (tertiary/aromatic N) is 1. The molecule has 1 saturated heterocycles. The van der Waals surface area contributed by atoms with Gasteiger partial charge < -0.3 is 15.7 Å². The van der Waals surface area contributed by atoms with Crippen molar-refractivity contribution in [1.29, 1.82) is 0 Å². The number of carboxylic acids is 1. The van der Waals surface area contributed by atoms with Crippen molar-refractivity contribution in [2.45, 2.75) is 19.4 Å². The lowest BCUT2D eigenvalue weighted by Gasteiger charge is -2.27. The van der Waals surface area contributed by atoms with Gasteiger partial charge in [-0.05, 0) is 31.5 Å². The molecule has 0 aromatic heterocycles. The SMILES string of the molecule is CC1C(C(=O)O)CCN1c1cc(Cl)ccc1C(N)=O. The number of halogens is 1. The average molecular weight is 283 g/mol. The van der Waals surface area contributed by atoms with Crippen LogP contribution < -0.4 is 10.6 Å². The first-order valence-electron chi connectivity index (χ1n) is 6.00. The standard InChI is InChI=1S/C13H15ClN2O3/c1-7-9(13(18)19)4-5-16(7)11-6-8(14)2-3-10(11)12(15)17/h2-3,6-7,9H,4-5H2,1H3,(H2,15,17)(H,18,19). The first-order chi connectivity index (χ1) is 8.91. The Balaban J connectivity index is 2.40. The van der Waals surface area contributed by atoms with Crippen LogP contribution >= 0.6 is 11.6 Å². The topological polar surface area (TPSA) is 83.6 Å². The number of hydrogen-bond donors (Lipinski definition) is 2. The molecule has 19 heavy (non-hydrogen) atoms. The highest BCUT2D eigenvalue weighted by Crippen LogP contribution is 2.33. The largest absolute Gasteiger partial charge is 0.481 e. The highest BCUT2D eigenvalue weighted by atomic mass is 35.5. The van der Waals surface area contributed by atoms with E-state index in [0.717, 1.165) is 0 Å². The predicted molar refractivity (Wildman–Crippen MR) is 72.5 cm³/mol. The van der Waals surface area contributed by atoms with Gasteiger partial charge in [0.2, 0.25) is 0 Å². The summed E-state index contributed by atoms with van der Waals surface area (Å²) in [7, 11) is 0. The van der Waals surface area contributed by atoms with Crippen molar-refractivity contribution in [3.05, 3.63) is 28.8 Å². The minimum absolute atomic E-state index is 0.200. The summed E-state index contributed by atoms with van der Waals surface area (Å²) in [5.74, 6) is -1.81. The van der Waals surface area contributed by atoms with E-state index in [1.54, 1.807) is 18.2 Å². The third kappa shape index (κ3) is 2.51. The van der Waals surface area contributed by atoms with Crippen molar-refractivity contribution in [1.82, 2.24) is 0 Å². The summed E-state index contributed by atoms with van der Waals surface area (Å²) in [6, 6.07) is 4.62. The molecule has 1 aromatic carbocycles. The molecule has 1 amide bonds. The van der Waals surface area contributed by atoms with Gasteiger partial charge in [-0.15, -0.1) is 0 Å². The molecule has 6 heteroatoms. The fraction of sp³-hybridized carbons (Fsp3) is 0.385. The number of primary amides is 1. The van der Waals surface area contributed by atoms with Crippen molar-refractivity contribution >= 4 is 29.2 Å². The van der Waals surface area contributed by atoms with Crippen molar-refractivity contribution in [2.75, 3.05) is 11.4 Å². The van der Waals surface area contributed by atoms with Crippen molar-refractivity contribution in [3.63, 3.8) is 0 Å². The maximum Gasteiger partial charge on any atom is 0.308 e. The number of carbonyl (C=O) groups is 2. The second-order valence-electron chi connectivity index (χ2n) is 4.69. The lowest BCUT2D eigenvalue weighted by molar-refractivity contribution is -0.141. The van der Waals surface area contributed by atoms with Crippen LogP contribution in [-0.4, -0.2) is 29.6 Å². The normalized spacial score (nSPS) is 22.5. The molecular weight excluding hydrogens is 268 g/mol. The van der Waals surface area contributed by atoms with Crippen LogP contribution in [0, 0.1) is 5.92 Å². The minimum Gasteiger partial charge on any atom is -0.481 e. The van der Waals surface area contributed by atoms with Crippen LogP contribution in [0.3, 0.4) is 0 Å². The predicted octanol–water partition coefficient (Wildman–Crippen LogP) is 1.74. The third-order valence-electron chi connectivity index (χ3n) is 3.61. The second kappa shape index (κ2) is 5.09. The number of rotatable bonds is 3. The molecule has 102 valence electrons. The van der Waals surface area contributed by atoms with Crippen LogP contribution in [-0.2, 0) is 4.79 Å². The molecule has 1 aromatic rings. The molecule has 5 nitrogen and oxygen atoms in total. The minimum atomic E-state index is -0.822. The van der Waals surface area contributed by atoms with Crippen molar-refractivity contribution in [2.24, 2.45) is 11.7 Å². The molecule has 3 N–H and O–H groups in total. The van der Waals surface area contributed by atoms with Crippen LogP contribution in [0.25, 0.3) is 0 Å². The Morgan fingerprint density at radius 3 is 2.68 bits per heavy atom. The summed E-state index contributed by atoms with van der Waals surface area (Å²) >= 11 is 5.95. The van der Waals surface area contributed by atoms with Crippen LogP contribution in [0.2, 0.25) is 5.02 Å². The zero-order valence-corrected chi connectivity index (χ0v) is 11.2. The quantitative estimate of drug-likeness (QED) is 0.884. The Labute approximate surface area is 116 Å². The molecule has 2 unspecified atom stereocenters. The van der Waals surface area contributed by atoms with E-state index in [2.05, 4.69) is 0 Å². The van der Waals surface area contributed by atoms with E-state index in [4.69, 9.17) is 22.4 Å². The van der Waals surface area contributed by atoms with Crippen LogP contribution in [0.1, 0.15) is 23.7 Å². The molecule has 1 heterocycles. The highest BCUT2D eigenvalue weighted by Gasteiger charge is 2.36. The summed E-state index contributed by atoms with van der Waals surface area (Å²) in [6.45, 7) is 2.40. The van der Waals surface area contributed by atoms with E-state index in [1.165, 1.54) is 0 Å². The van der Waals surface area contributed by atoms with Gasteiger partial charge in [-0.25, -0.2) is 0 Å².